The molecule has 0 radical (unpaired) electrons. The fourth-order valence-corrected chi connectivity index (χ4v) is 5.19. The van der Waals surface area contributed by atoms with E-state index in [9.17, 15) is 14.4 Å². The van der Waals surface area contributed by atoms with Gasteiger partial charge >= 0.3 is 0 Å². The van der Waals surface area contributed by atoms with E-state index < -0.39 is 5.91 Å². The Morgan fingerprint density at radius 2 is 1.63 bits per heavy atom. The minimum atomic E-state index is -0.446. The molecule has 0 bridgehead atoms. The first kappa shape index (κ1) is 36.2. The molecule has 0 aliphatic carbocycles. The number of aryl methyl sites for hydroxylation is 1. The highest BCUT2D eigenvalue weighted by atomic mass is 35.5. The number of amides is 3. The number of nitrogens with zero attached hydrogens (tertiary/aromatic N) is 4. The molecule has 0 atom stereocenters. The maximum atomic E-state index is 13.0. The molecule has 1 N–H and O–H groups in total. The molecule has 46 heavy (non-hydrogen) atoms. The van der Waals surface area contributed by atoms with Crippen LogP contribution in [-0.4, -0.2) is 69.4 Å². The zero-order valence-electron chi connectivity index (χ0n) is 26.4. The molecule has 0 aliphatic heterocycles. The summed E-state index contributed by atoms with van der Waals surface area (Å²) in [4.78, 5) is 47.0. The zero-order chi connectivity index (χ0) is 32.8. The number of pyridine rings is 1. The minimum Gasteiger partial charge on any atom is -0.487 e. The van der Waals surface area contributed by atoms with Crippen LogP contribution in [0.1, 0.15) is 27.2 Å². The van der Waals surface area contributed by atoms with Crippen LogP contribution in [0, 0.1) is 6.92 Å². The van der Waals surface area contributed by atoms with E-state index >= 15 is 0 Å². The first-order chi connectivity index (χ1) is 21.4. The molecule has 4 rings (SSSR count). The third-order valence-corrected chi connectivity index (χ3v) is 7.84. The summed E-state index contributed by atoms with van der Waals surface area (Å²) in [5.74, 6) is -0.362. The molecule has 12 heteroatoms. The molecule has 1 heterocycles. The van der Waals surface area contributed by atoms with Crippen LogP contribution in [0.3, 0.4) is 0 Å². The Hall–Kier alpha value is -4.31. The lowest BCUT2D eigenvalue weighted by molar-refractivity contribution is -0.122. The Labute approximate surface area is 285 Å². The monoisotopic (exact) mass is 683 g/mol. The Bertz CT molecular complexity index is 1780. The van der Waals surface area contributed by atoms with Crippen molar-refractivity contribution in [2.45, 2.75) is 13.5 Å². The number of hydrogen-bond donors (Lipinski definition) is 1. The number of fused-ring (bicyclic) bond motifs is 1. The molecule has 0 fully saturated rings. The third-order valence-electron chi connectivity index (χ3n) is 7.07. The van der Waals surface area contributed by atoms with E-state index in [2.05, 4.69) is 5.32 Å². The molecule has 0 spiro atoms. The van der Waals surface area contributed by atoms with Crippen LogP contribution < -0.4 is 19.9 Å². The number of benzene rings is 3. The van der Waals surface area contributed by atoms with Crippen LogP contribution in [0.2, 0.25) is 10.0 Å². The van der Waals surface area contributed by atoms with Gasteiger partial charge in [0.15, 0.2) is 0 Å². The van der Waals surface area contributed by atoms with Gasteiger partial charge in [-0.2, -0.15) is 0 Å². The summed E-state index contributed by atoms with van der Waals surface area (Å²) in [6.07, 6.45) is 2.93. The predicted octanol–water partition coefficient (Wildman–Crippen LogP) is 6.41. The Balaban J connectivity index is 0.00000576. The fourth-order valence-electron chi connectivity index (χ4n) is 4.58. The largest absolute Gasteiger partial charge is 0.487 e. The second-order valence-corrected chi connectivity index (χ2v) is 11.6. The van der Waals surface area contributed by atoms with Crippen LogP contribution in [-0.2, 0) is 16.2 Å². The minimum absolute atomic E-state index is 0. The number of anilines is 2. The molecular formula is C34H36Cl3N5O4. The third kappa shape index (κ3) is 8.48. The van der Waals surface area contributed by atoms with Gasteiger partial charge in [0.05, 0.1) is 17.3 Å². The van der Waals surface area contributed by atoms with Gasteiger partial charge in [0.2, 0.25) is 11.8 Å². The van der Waals surface area contributed by atoms with Crippen molar-refractivity contribution in [3.63, 3.8) is 0 Å². The van der Waals surface area contributed by atoms with E-state index in [4.69, 9.17) is 32.9 Å². The quantitative estimate of drug-likeness (QED) is 0.194. The van der Waals surface area contributed by atoms with Crippen molar-refractivity contribution in [1.82, 2.24) is 15.2 Å². The number of likely N-dealkylation sites (N-methyl/N-ethyl adjacent to an activating group) is 1. The van der Waals surface area contributed by atoms with Crippen LogP contribution >= 0.6 is 35.6 Å². The van der Waals surface area contributed by atoms with Gasteiger partial charge in [-0.25, -0.2) is 4.98 Å². The van der Waals surface area contributed by atoms with Crippen molar-refractivity contribution < 1.29 is 19.1 Å². The SMILES string of the molecule is Cc1cc(N(C)C)c2cccc(OCc3c(Cl)ccc(N(C)C(=O)CNC(=O)/C=C/c4ccc(C(=O)N(C)C)cc4)c3Cl)c2n1.Cl. The molecule has 1 aromatic heterocycles. The molecule has 0 aliphatic rings. The van der Waals surface area contributed by atoms with Crippen LogP contribution in [0.25, 0.3) is 17.0 Å². The second kappa shape index (κ2) is 15.8. The molecule has 4 aromatic rings. The molecule has 0 saturated carbocycles. The summed E-state index contributed by atoms with van der Waals surface area (Å²) in [6, 6.07) is 17.9. The number of ether oxygens (including phenoxy) is 1. The number of rotatable bonds is 10. The van der Waals surface area contributed by atoms with E-state index in [-0.39, 0.29) is 42.4 Å². The smallest absolute Gasteiger partial charge is 0.253 e. The predicted molar refractivity (Wildman–Crippen MR) is 189 cm³/mol. The van der Waals surface area contributed by atoms with E-state index in [1.807, 2.05) is 50.2 Å². The summed E-state index contributed by atoms with van der Waals surface area (Å²) >= 11 is 13.3. The number of aromatic nitrogens is 1. The van der Waals surface area contributed by atoms with Crippen LogP contribution in [0.4, 0.5) is 11.4 Å². The first-order valence-corrected chi connectivity index (χ1v) is 14.8. The standard InChI is InChI=1S/C34H35Cl2N5O4.ClH/c1-21-18-28(39(2)3)24-8-7-9-29(33(24)38-21)45-20-25-26(35)15-16-27(32(25)36)41(6)31(43)19-37-30(42)17-12-22-10-13-23(14-11-22)34(44)40(4)5;/h7-18H,19-20H2,1-6H3,(H,37,42);1H/b17-12+;. The lowest BCUT2D eigenvalue weighted by Gasteiger charge is -2.21. The number of carbonyl (C=O) groups is 3. The first-order valence-electron chi connectivity index (χ1n) is 14.1. The molecule has 0 saturated heterocycles. The van der Waals surface area contributed by atoms with Crippen molar-refractivity contribution >= 4 is 81.7 Å². The van der Waals surface area contributed by atoms with Crippen LogP contribution in [0.15, 0.2) is 66.7 Å². The topological polar surface area (TPSA) is 95.1 Å². The molecule has 3 amide bonds. The lowest BCUT2D eigenvalue weighted by Crippen LogP contribution is -2.37. The Morgan fingerprint density at radius 3 is 2.28 bits per heavy atom. The summed E-state index contributed by atoms with van der Waals surface area (Å²) in [6.45, 7) is 1.72. The number of carbonyl (C=O) groups excluding carboxylic acids is 3. The highest BCUT2D eigenvalue weighted by Gasteiger charge is 2.20. The van der Waals surface area contributed by atoms with Gasteiger partial charge in [0, 0.05) is 74.2 Å². The zero-order valence-corrected chi connectivity index (χ0v) is 28.8. The van der Waals surface area contributed by atoms with Crippen molar-refractivity contribution in [3.8, 4) is 5.75 Å². The van der Waals surface area contributed by atoms with E-state index in [0.717, 1.165) is 27.8 Å². The molecule has 9 nitrogen and oxygen atoms in total. The van der Waals surface area contributed by atoms with Gasteiger partial charge in [-0.1, -0.05) is 47.5 Å². The number of halogens is 3. The number of hydrogen-bond acceptors (Lipinski definition) is 6. The fraction of sp³-hybridized carbons (Fsp3) is 0.235. The molecular weight excluding hydrogens is 649 g/mol. The van der Waals surface area contributed by atoms with Gasteiger partial charge in [-0.05, 0) is 55.0 Å². The summed E-state index contributed by atoms with van der Waals surface area (Å²) in [5.41, 5.74) is 4.81. The highest BCUT2D eigenvalue weighted by Crippen LogP contribution is 2.36. The van der Waals surface area contributed by atoms with Gasteiger partial charge in [-0.3, -0.25) is 14.4 Å². The van der Waals surface area contributed by atoms with Crippen LogP contribution in [0.5, 0.6) is 5.75 Å². The van der Waals surface area contributed by atoms with Crippen molar-refractivity contribution in [1.29, 1.82) is 0 Å². The second-order valence-electron chi connectivity index (χ2n) is 10.8. The summed E-state index contributed by atoms with van der Waals surface area (Å²) in [5, 5.41) is 4.19. The van der Waals surface area contributed by atoms with Crippen molar-refractivity contribution in [2.24, 2.45) is 0 Å². The van der Waals surface area contributed by atoms with Gasteiger partial charge in [0.25, 0.3) is 5.91 Å². The number of para-hydroxylation sites is 1. The molecule has 0 unspecified atom stereocenters. The van der Waals surface area contributed by atoms with Crippen molar-refractivity contribution in [2.75, 3.05) is 51.6 Å². The van der Waals surface area contributed by atoms with Gasteiger partial charge < -0.3 is 24.8 Å². The lowest BCUT2D eigenvalue weighted by atomic mass is 10.1. The maximum Gasteiger partial charge on any atom is 0.253 e. The summed E-state index contributed by atoms with van der Waals surface area (Å²) in [7, 11) is 8.88. The van der Waals surface area contributed by atoms with Crippen molar-refractivity contribution in [3.05, 3.63) is 99.2 Å². The molecule has 3 aromatic carbocycles. The Morgan fingerprint density at radius 1 is 0.935 bits per heavy atom. The summed E-state index contributed by atoms with van der Waals surface area (Å²) < 4.78 is 6.19. The number of nitrogens with one attached hydrogen (secondary N) is 1. The average Bonchev–Trinajstić information content (AvgIpc) is 3.01. The molecule has 242 valence electrons. The van der Waals surface area contributed by atoms with E-state index in [0.29, 0.717) is 27.6 Å². The Kier molecular flexibility index (Phi) is 12.4. The van der Waals surface area contributed by atoms with Gasteiger partial charge in [-0.15, -0.1) is 12.4 Å². The van der Waals surface area contributed by atoms with E-state index in [1.54, 1.807) is 63.6 Å². The van der Waals surface area contributed by atoms with Gasteiger partial charge in [0.1, 0.15) is 17.9 Å². The highest BCUT2D eigenvalue weighted by molar-refractivity contribution is 6.38. The average molecular weight is 685 g/mol. The normalized spacial score (nSPS) is 10.8. The maximum absolute atomic E-state index is 13.0. The van der Waals surface area contributed by atoms with E-state index in [1.165, 1.54) is 15.9 Å².